The number of aliphatic hydroxyl groups excluding tert-OH is 1. The summed E-state index contributed by atoms with van der Waals surface area (Å²) >= 11 is 0. The standard InChI is InChI=1S/C11H20N2O/c1-2-3-5-11(14)6-4-8-13-9-7-12-10-13/h7,9-11,14H,2-6,8H2,1H3. The highest BCUT2D eigenvalue weighted by atomic mass is 16.3. The molecular weight excluding hydrogens is 176 g/mol. The fourth-order valence-electron chi connectivity index (χ4n) is 1.51. The Kier molecular flexibility index (Phi) is 5.30. The van der Waals surface area contributed by atoms with Crippen molar-refractivity contribution in [2.45, 2.75) is 51.7 Å². The van der Waals surface area contributed by atoms with E-state index in [-0.39, 0.29) is 6.10 Å². The quantitative estimate of drug-likeness (QED) is 0.726. The molecule has 0 bridgehead atoms. The van der Waals surface area contributed by atoms with Crippen LogP contribution in [-0.2, 0) is 6.54 Å². The second-order valence-corrected chi connectivity index (χ2v) is 3.74. The number of rotatable bonds is 7. The molecule has 3 nitrogen and oxygen atoms in total. The van der Waals surface area contributed by atoms with E-state index in [9.17, 15) is 5.11 Å². The second kappa shape index (κ2) is 6.60. The molecule has 0 amide bonds. The minimum Gasteiger partial charge on any atom is -0.393 e. The largest absolute Gasteiger partial charge is 0.393 e. The Morgan fingerprint density at radius 3 is 2.79 bits per heavy atom. The van der Waals surface area contributed by atoms with E-state index in [0.717, 1.165) is 32.2 Å². The van der Waals surface area contributed by atoms with Crippen LogP contribution in [0.1, 0.15) is 39.0 Å². The molecule has 0 spiro atoms. The van der Waals surface area contributed by atoms with Gasteiger partial charge in [0.05, 0.1) is 12.4 Å². The Hall–Kier alpha value is -0.830. The molecule has 1 aromatic heterocycles. The molecule has 80 valence electrons. The number of hydrogen-bond acceptors (Lipinski definition) is 2. The minimum absolute atomic E-state index is 0.113. The molecule has 14 heavy (non-hydrogen) atoms. The van der Waals surface area contributed by atoms with Gasteiger partial charge in [0.15, 0.2) is 0 Å². The fourth-order valence-corrected chi connectivity index (χ4v) is 1.51. The summed E-state index contributed by atoms with van der Waals surface area (Å²) in [4.78, 5) is 3.97. The molecule has 0 aliphatic heterocycles. The van der Waals surface area contributed by atoms with Gasteiger partial charge in [-0.2, -0.15) is 0 Å². The van der Waals surface area contributed by atoms with E-state index in [1.165, 1.54) is 6.42 Å². The van der Waals surface area contributed by atoms with Gasteiger partial charge < -0.3 is 9.67 Å². The Morgan fingerprint density at radius 1 is 1.36 bits per heavy atom. The number of aromatic nitrogens is 2. The number of imidazole rings is 1. The third-order valence-electron chi connectivity index (χ3n) is 2.40. The molecule has 0 aromatic carbocycles. The third kappa shape index (κ3) is 4.42. The van der Waals surface area contributed by atoms with E-state index in [1.54, 1.807) is 6.20 Å². The molecule has 0 aliphatic carbocycles. The number of nitrogens with zero attached hydrogens (tertiary/aromatic N) is 2. The van der Waals surface area contributed by atoms with Crippen molar-refractivity contribution >= 4 is 0 Å². The first-order chi connectivity index (χ1) is 6.83. The zero-order chi connectivity index (χ0) is 10.2. The Labute approximate surface area is 85.8 Å². The maximum atomic E-state index is 9.58. The molecule has 1 heterocycles. The van der Waals surface area contributed by atoms with Gasteiger partial charge >= 0.3 is 0 Å². The van der Waals surface area contributed by atoms with Gasteiger partial charge in [-0.05, 0) is 19.3 Å². The fraction of sp³-hybridized carbons (Fsp3) is 0.727. The van der Waals surface area contributed by atoms with E-state index in [1.807, 2.05) is 17.1 Å². The summed E-state index contributed by atoms with van der Waals surface area (Å²) in [6.07, 6.45) is 10.6. The van der Waals surface area contributed by atoms with Crippen LogP contribution < -0.4 is 0 Å². The monoisotopic (exact) mass is 196 g/mol. The van der Waals surface area contributed by atoms with Crippen molar-refractivity contribution < 1.29 is 5.11 Å². The molecule has 0 saturated carbocycles. The smallest absolute Gasteiger partial charge is 0.0945 e. The van der Waals surface area contributed by atoms with E-state index in [0.29, 0.717) is 0 Å². The second-order valence-electron chi connectivity index (χ2n) is 3.74. The normalized spacial score (nSPS) is 13.0. The van der Waals surface area contributed by atoms with Gasteiger partial charge in [0, 0.05) is 18.9 Å². The molecule has 0 saturated heterocycles. The highest BCUT2D eigenvalue weighted by Crippen LogP contribution is 2.07. The molecule has 1 atom stereocenters. The van der Waals surface area contributed by atoms with Gasteiger partial charge in [0.25, 0.3) is 0 Å². The van der Waals surface area contributed by atoms with Crippen LogP contribution in [0.5, 0.6) is 0 Å². The topological polar surface area (TPSA) is 38.0 Å². The zero-order valence-electron chi connectivity index (χ0n) is 8.89. The average molecular weight is 196 g/mol. The van der Waals surface area contributed by atoms with Crippen molar-refractivity contribution in [3.63, 3.8) is 0 Å². The maximum absolute atomic E-state index is 9.58. The van der Waals surface area contributed by atoms with Crippen LogP contribution in [0.2, 0.25) is 0 Å². The van der Waals surface area contributed by atoms with Crippen LogP contribution in [0, 0.1) is 0 Å². The minimum atomic E-state index is -0.113. The van der Waals surface area contributed by atoms with Gasteiger partial charge in [0.2, 0.25) is 0 Å². The van der Waals surface area contributed by atoms with E-state index >= 15 is 0 Å². The van der Waals surface area contributed by atoms with Crippen LogP contribution >= 0.6 is 0 Å². The molecule has 0 fully saturated rings. The molecule has 1 rings (SSSR count). The average Bonchev–Trinajstić information content (AvgIpc) is 2.67. The lowest BCUT2D eigenvalue weighted by atomic mass is 10.1. The number of aliphatic hydroxyl groups is 1. The van der Waals surface area contributed by atoms with Crippen LogP contribution in [0.25, 0.3) is 0 Å². The van der Waals surface area contributed by atoms with Crippen LogP contribution in [0.4, 0.5) is 0 Å². The predicted octanol–water partition coefficient (Wildman–Crippen LogP) is 2.21. The number of unbranched alkanes of at least 4 members (excludes halogenated alkanes) is 1. The summed E-state index contributed by atoms with van der Waals surface area (Å²) in [5, 5.41) is 9.58. The lowest BCUT2D eigenvalue weighted by Gasteiger charge is -2.09. The molecule has 1 unspecified atom stereocenters. The lowest BCUT2D eigenvalue weighted by molar-refractivity contribution is 0.147. The molecule has 0 radical (unpaired) electrons. The number of aryl methyl sites for hydroxylation is 1. The SMILES string of the molecule is CCCCC(O)CCCn1ccnc1. The van der Waals surface area contributed by atoms with Gasteiger partial charge in [-0.1, -0.05) is 19.8 Å². The van der Waals surface area contributed by atoms with Crippen molar-refractivity contribution in [2.24, 2.45) is 0 Å². The van der Waals surface area contributed by atoms with Crippen molar-refractivity contribution in [3.8, 4) is 0 Å². The highest BCUT2D eigenvalue weighted by Gasteiger charge is 2.02. The first-order valence-electron chi connectivity index (χ1n) is 5.46. The van der Waals surface area contributed by atoms with Crippen molar-refractivity contribution in [1.29, 1.82) is 0 Å². The summed E-state index contributed by atoms with van der Waals surface area (Å²) in [6.45, 7) is 3.11. The predicted molar refractivity (Wildman–Crippen MR) is 57.0 cm³/mol. The maximum Gasteiger partial charge on any atom is 0.0945 e. The van der Waals surface area contributed by atoms with E-state index < -0.39 is 0 Å². The summed E-state index contributed by atoms with van der Waals surface area (Å²) in [6, 6.07) is 0. The Morgan fingerprint density at radius 2 is 2.14 bits per heavy atom. The van der Waals surface area contributed by atoms with Crippen molar-refractivity contribution in [1.82, 2.24) is 9.55 Å². The van der Waals surface area contributed by atoms with Crippen molar-refractivity contribution in [2.75, 3.05) is 0 Å². The van der Waals surface area contributed by atoms with Crippen molar-refractivity contribution in [3.05, 3.63) is 18.7 Å². The summed E-state index contributed by atoms with van der Waals surface area (Å²) in [5.74, 6) is 0. The molecule has 0 aliphatic rings. The van der Waals surface area contributed by atoms with Gasteiger partial charge in [0.1, 0.15) is 0 Å². The van der Waals surface area contributed by atoms with E-state index in [4.69, 9.17) is 0 Å². The van der Waals surface area contributed by atoms with Crippen LogP contribution in [-0.4, -0.2) is 20.8 Å². The summed E-state index contributed by atoms with van der Waals surface area (Å²) in [7, 11) is 0. The summed E-state index contributed by atoms with van der Waals surface area (Å²) in [5.41, 5.74) is 0. The van der Waals surface area contributed by atoms with Crippen LogP contribution in [0.15, 0.2) is 18.7 Å². The first-order valence-corrected chi connectivity index (χ1v) is 5.46. The van der Waals surface area contributed by atoms with Gasteiger partial charge in [-0.3, -0.25) is 0 Å². The Balaban J connectivity index is 2.03. The molecule has 1 N–H and O–H groups in total. The first kappa shape index (κ1) is 11.2. The number of hydrogen-bond donors (Lipinski definition) is 1. The van der Waals surface area contributed by atoms with Crippen LogP contribution in [0.3, 0.4) is 0 Å². The Bertz CT molecular complexity index is 221. The van der Waals surface area contributed by atoms with Gasteiger partial charge in [-0.15, -0.1) is 0 Å². The van der Waals surface area contributed by atoms with E-state index in [2.05, 4.69) is 11.9 Å². The third-order valence-corrected chi connectivity index (χ3v) is 2.40. The molecule has 1 aromatic rings. The zero-order valence-corrected chi connectivity index (χ0v) is 8.89. The molecule has 3 heteroatoms. The highest BCUT2D eigenvalue weighted by molar-refractivity contribution is 4.73. The molecular formula is C11H20N2O. The van der Waals surface area contributed by atoms with Gasteiger partial charge in [-0.25, -0.2) is 4.98 Å². The lowest BCUT2D eigenvalue weighted by Crippen LogP contribution is -2.07. The summed E-state index contributed by atoms with van der Waals surface area (Å²) < 4.78 is 2.05.